The van der Waals surface area contributed by atoms with Crippen LogP contribution in [0.15, 0.2) is 49.2 Å². The lowest BCUT2D eigenvalue weighted by Gasteiger charge is -2.15. The van der Waals surface area contributed by atoms with Crippen molar-refractivity contribution >= 4 is 28.3 Å². The molecular weight excluding hydrogens is 397 g/mol. The maximum Gasteiger partial charge on any atom is 0.254 e. The van der Waals surface area contributed by atoms with Gasteiger partial charge in [-0.15, -0.1) is 0 Å². The van der Waals surface area contributed by atoms with Gasteiger partial charge in [0.25, 0.3) is 5.91 Å². The maximum absolute atomic E-state index is 15.7. The number of benzene rings is 1. The van der Waals surface area contributed by atoms with Crippen LogP contribution in [-0.2, 0) is 0 Å². The smallest absolute Gasteiger partial charge is 0.254 e. The van der Waals surface area contributed by atoms with E-state index in [1.807, 2.05) is 22.7 Å². The van der Waals surface area contributed by atoms with Gasteiger partial charge in [0.15, 0.2) is 5.82 Å². The quantitative estimate of drug-likeness (QED) is 0.470. The number of aromatic amines is 1. The molecule has 0 atom stereocenters. The number of nitrogens with two attached hydrogens (primary N) is 1. The van der Waals surface area contributed by atoms with Crippen LogP contribution in [-0.4, -0.2) is 49.1 Å². The Balaban J connectivity index is 1.72. The predicted octanol–water partition coefficient (Wildman–Crippen LogP) is 3.40. The SMILES string of the molecule is Cc1c(F)c(-n2ccc(C(=O)N(C)C)c2)c2[nH]ncc2c1-c1ccc2nc(N)cn2c1. The molecule has 0 fully saturated rings. The molecule has 8 nitrogen and oxygen atoms in total. The molecule has 4 heterocycles. The average molecular weight is 417 g/mol. The minimum atomic E-state index is -0.392. The van der Waals surface area contributed by atoms with Gasteiger partial charge >= 0.3 is 0 Å². The van der Waals surface area contributed by atoms with E-state index in [9.17, 15) is 4.79 Å². The number of halogens is 1. The van der Waals surface area contributed by atoms with Crippen LogP contribution in [0.25, 0.3) is 33.4 Å². The van der Waals surface area contributed by atoms with E-state index in [1.165, 1.54) is 4.90 Å². The number of carbonyl (C=O) groups is 1. The molecule has 0 saturated carbocycles. The van der Waals surface area contributed by atoms with E-state index in [0.29, 0.717) is 33.8 Å². The van der Waals surface area contributed by atoms with Crippen LogP contribution in [0, 0.1) is 12.7 Å². The number of imidazole rings is 1. The Morgan fingerprint density at radius 3 is 2.77 bits per heavy atom. The number of amides is 1. The molecule has 4 aromatic heterocycles. The number of H-pyrrole nitrogens is 1. The largest absolute Gasteiger partial charge is 0.382 e. The third-order valence-electron chi connectivity index (χ3n) is 5.42. The van der Waals surface area contributed by atoms with Gasteiger partial charge in [0.05, 0.1) is 23.5 Å². The van der Waals surface area contributed by atoms with Crippen molar-refractivity contribution in [1.82, 2.24) is 29.0 Å². The highest BCUT2D eigenvalue weighted by molar-refractivity contribution is 6.01. The van der Waals surface area contributed by atoms with Crippen molar-refractivity contribution in [3.05, 3.63) is 66.1 Å². The van der Waals surface area contributed by atoms with Crippen molar-refractivity contribution in [1.29, 1.82) is 0 Å². The van der Waals surface area contributed by atoms with Crippen molar-refractivity contribution in [3.63, 3.8) is 0 Å². The molecule has 0 spiro atoms. The van der Waals surface area contributed by atoms with E-state index in [0.717, 1.165) is 16.5 Å². The first-order valence-corrected chi connectivity index (χ1v) is 9.65. The fourth-order valence-electron chi connectivity index (χ4n) is 3.95. The summed E-state index contributed by atoms with van der Waals surface area (Å²) in [5.41, 5.74) is 9.87. The van der Waals surface area contributed by atoms with Crippen molar-refractivity contribution in [3.8, 4) is 16.8 Å². The molecule has 31 heavy (non-hydrogen) atoms. The molecule has 0 radical (unpaired) electrons. The second kappa shape index (κ2) is 6.69. The van der Waals surface area contributed by atoms with E-state index in [-0.39, 0.29) is 5.91 Å². The van der Waals surface area contributed by atoms with E-state index in [2.05, 4.69) is 15.2 Å². The highest BCUT2D eigenvalue weighted by Gasteiger charge is 2.22. The Morgan fingerprint density at radius 1 is 1.19 bits per heavy atom. The molecule has 1 amide bonds. The molecule has 0 saturated heterocycles. The molecule has 5 rings (SSSR count). The normalized spacial score (nSPS) is 11.5. The van der Waals surface area contributed by atoms with Gasteiger partial charge in [0.1, 0.15) is 17.2 Å². The zero-order valence-electron chi connectivity index (χ0n) is 17.2. The number of hydrogen-bond donors (Lipinski definition) is 2. The molecule has 0 aliphatic rings. The molecule has 0 bridgehead atoms. The van der Waals surface area contributed by atoms with Crippen LogP contribution in [0.4, 0.5) is 10.2 Å². The Labute approximate surface area is 176 Å². The lowest BCUT2D eigenvalue weighted by Crippen LogP contribution is -2.21. The summed E-state index contributed by atoms with van der Waals surface area (Å²) >= 11 is 0. The molecule has 9 heteroatoms. The first-order chi connectivity index (χ1) is 14.8. The molecule has 156 valence electrons. The molecule has 5 aromatic rings. The zero-order chi connectivity index (χ0) is 21.9. The minimum Gasteiger partial charge on any atom is -0.382 e. The fraction of sp³-hybridized carbons (Fsp3) is 0.136. The highest BCUT2D eigenvalue weighted by Crippen LogP contribution is 2.37. The Bertz CT molecular complexity index is 1470. The summed E-state index contributed by atoms with van der Waals surface area (Å²) in [6, 6.07) is 5.40. The van der Waals surface area contributed by atoms with Crippen molar-refractivity contribution in [2.45, 2.75) is 6.92 Å². The average Bonchev–Trinajstić information content (AvgIpc) is 3.47. The Morgan fingerprint density at radius 2 is 2.00 bits per heavy atom. The van der Waals surface area contributed by atoms with Crippen LogP contribution in [0.2, 0.25) is 0 Å². The monoisotopic (exact) mass is 417 g/mol. The number of nitrogen functional groups attached to an aromatic ring is 1. The summed E-state index contributed by atoms with van der Waals surface area (Å²) in [5, 5.41) is 7.87. The molecular formula is C22H20FN7O. The number of aromatic nitrogens is 5. The van der Waals surface area contributed by atoms with Gasteiger partial charge in [0.2, 0.25) is 0 Å². The minimum absolute atomic E-state index is 0.152. The number of nitrogens with zero attached hydrogens (tertiary/aromatic N) is 5. The second-order valence-electron chi connectivity index (χ2n) is 7.68. The number of anilines is 1. The number of hydrogen-bond acceptors (Lipinski definition) is 4. The number of nitrogens with one attached hydrogen (secondary N) is 1. The van der Waals surface area contributed by atoms with Gasteiger partial charge in [-0.3, -0.25) is 9.89 Å². The fourth-order valence-corrected chi connectivity index (χ4v) is 3.95. The molecule has 3 N–H and O–H groups in total. The molecule has 0 aliphatic heterocycles. The summed E-state index contributed by atoms with van der Waals surface area (Å²) < 4.78 is 19.2. The number of pyridine rings is 1. The summed E-state index contributed by atoms with van der Waals surface area (Å²) in [5.74, 6) is -0.128. The Kier molecular flexibility index (Phi) is 4.07. The van der Waals surface area contributed by atoms with Crippen molar-refractivity contribution < 1.29 is 9.18 Å². The van der Waals surface area contributed by atoms with Crippen molar-refractivity contribution in [2.75, 3.05) is 19.8 Å². The van der Waals surface area contributed by atoms with Gasteiger partial charge in [0, 0.05) is 43.6 Å². The van der Waals surface area contributed by atoms with Gasteiger partial charge in [-0.05, 0) is 36.2 Å². The standard InChI is InChI=1S/C22H20FN7O/c1-12-18(13-4-5-17-26-16(24)11-30(17)9-13)15-8-25-27-20(15)21(19(12)23)29-7-6-14(10-29)22(31)28(2)3/h4-11H,24H2,1-3H3,(H,25,27). The summed E-state index contributed by atoms with van der Waals surface area (Å²) in [6.45, 7) is 1.74. The number of rotatable bonds is 3. The third kappa shape index (κ3) is 2.85. The molecule has 0 unspecified atom stereocenters. The first-order valence-electron chi connectivity index (χ1n) is 9.65. The van der Waals surface area contributed by atoms with Crippen LogP contribution in [0.3, 0.4) is 0 Å². The van der Waals surface area contributed by atoms with Gasteiger partial charge < -0.3 is 19.6 Å². The van der Waals surface area contributed by atoms with Crippen LogP contribution >= 0.6 is 0 Å². The van der Waals surface area contributed by atoms with Crippen LogP contribution in [0.5, 0.6) is 0 Å². The van der Waals surface area contributed by atoms with Crippen molar-refractivity contribution in [2.24, 2.45) is 0 Å². The van der Waals surface area contributed by atoms with Crippen LogP contribution < -0.4 is 5.73 Å². The van der Waals surface area contributed by atoms with Crippen LogP contribution in [0.1, 0.15) is 15.9 Å². The lowest BCUT2D eigenvalue weighted by atomic mass is 9.96. The summed E-state index contributed by atoms with van der Waals surface area (Å²) in [4.78, 5) is 18.0. The number of carbonyl (C=O) groups excluding carboxylic acids is 1. The zero-order valence-corrected chi connectivity index (χ0v) is 17.2. The van der Waals surface area contributed by atoms with Gasteiger partial charge in [-0.25, -0.2) is 9.37 Å². The van der Waals surface area contributed by atoms with Gasteiger partial charge in [-0.2, -0.15) is 5.10 Å². The summed E-state index contributed by atoms with van der Waals surface area (Å²) in [6.07, 6.45) is 8.57. The second-order valence-corrected chi connectivity index (χ2v) is 7.68. The topological polar surface area (TPSA) is 97.2 Å². The van der Waals surface area contributed by atoms with E-state index in [4.69, 9.17) is 5.73 Å². The van der Waals surface area contributed by atoms with E-state index in [1.54, 1.807) is 56.4 Å². The maximum atomic E-state index is 15.7. The Hall–Kier alpha value is -4.14. The predicted molar refractivity (Wildman–Crippen MR) is 117 cm³/mol. The van der Waals surface area contributed by atoms with E-state index < -0.39 is 5.82 Å². The lowest BCUT2D eigenvalue weighted by molar-refractivity contribution is 0.0827. The molecule has 1 aromatic carbocycles. The third-order valence-corrected chi connectivity index (χ3v) is 5.42. The van der Waals surface area contributed by atoms with E-state index >= 15 is 4.39 Å². The molecule has 0 aliphatic carbocycles. The first kappa shape index (κ1) is 18.9. The van der Waals surface area contributed by atoms with Gasteiger partial charge in [-0.1, -0.05) is 0 Å². The summed E-state index contributed by atoms with van der Waals surface area (Å²) in [7, 11) is 3.36. The number of fused-ring (bicyclic) bond motifs is 2. The highest BCUT2D eigenvalue weighted by atomic mass is 19.1.